The summed E-state index contributed by atoms with van der Waals surface area (Å²) < 4.78 is 26.8. The average molecular weight is 191 g/mol. The van der Waals surface area contributed by atoms with Crippen molar-refractivity contribution in [2.45, 2.75) is 12.5 Å². The normalized spacial score (nSPS) is 20.0. The molecule has 70 valence electrons. The van der Waals surface area contributed by atoms with Gasteiger partial charge >= 0.3 is 0 Å². The Morgan fingerprint density at radius 2 is 2.42 bits per heavy atom. The van der Waals surface area contributed by atoms with Gasteiger partial charge in [-0.1, -0.05) is 0 Å². The van der Waals surface area contributed by atoms with Crippen LogP contribution in [0, 0.1) is 0 Å². The van der Waals surface area contributed by atoms with Crippen LogP contribution in [0.1, 0.15) is 6.42 Å². The smallest absolute Gasteiger partial charge is 0.149 e. The van der Waals surface area contributed by atoms with Crippen LogP contribution in [0.3, 0.4) is 0 Å². The lowest BCUT2D eigenvalue weighted by atomic mass is 10.3. The number of rotatable bonds is 3. The van der Waals surface area contributed by atoms with Crippen LogP contribution < -0.4 is 5.73 Å². The molecule has 0 saturated carbocycles. The van der Waals surface area contributed by atoms with Crippen molar-refractivity contribution < 1.29 is 13.2 Å². The number of sulfone groups is 1. The summed E-state index contributed by atoms with van der Waals surface area (Å²) in [6, 6.07) is -0.498. The van der Waals surface area contributed by atoms with E-state index >= 15 is 0 Å². The Bertz CT molecular complexity index is 281. The summed E-state index contributed by atoms with van der Waals surface area (Å²) in [5, 5.41) is 0. The minimum absolute atomic E-state index is 0.0428. The van der Waals surface area contributed by atoms with Crippen LogP contribution in [0.15, 0.2) is 11.8 Å². The molecular weight excluding hydrogens is 178 g/mol. The van der Waals surface area contributed by atoms with Gasteiger partial charge in [0.15, 0.2) is 0 Å². The Morgan fingerprint density at radius 3 is 2.83 bits per heavy atom. The SMILES string of the molecule is CS(=O)(=O)CC(N)C1=CCCO1. The number of nitrogens with two attached hydrogens (primary N) is 1. The zero-order valence-electron chi connectivity index (χ0n) is 6.99. The van der Waals surface area contributed by atoms with E-state index in [4.69, 9.17) is 10.5 Å². The molecular formula is C7H13NO3S. The van der Waals surface area contributed by atoms with E-state index in [2.05, 4.69) is 0 Å². The third-order valence-electron chi connectivity index (χ3n) is 1.58. The van der Waals surface area contributed by atoms with Crippen molar-refractivity contribution in [1.29, 1.82) is 0 Å². The molecule has 2 N–H and O–H groups in total. The molecule has 1 rings (SSSR count). The van der Waals surface area contributed by atoms with Crippen LogP contribution in [0.2, 0.25) is 0 Å². The third kappa shape index (κ3) is 2.83. The topological polar surface area (TPSA) is 69.4 Å². The molecule has 0 bridgehead atoms. The number of ether oxygens (including phenoxy) is 1. The fourth-order valence-corrected chi connectivity index (χ4v) is 1.92. The molecule has 1 unspecified atom stereocenters. The molecule has 0 fully saturated rings. The van der Waals surface area contributed by atoms with Gasteiger partial charge in [-0.2, -0.15) is 0 Å². The lowest BCUT2D eigenvalue weighted by Gasteiger charge is -2.11. The fourth-order valence-electron chi connectivity index (χ4n) is 1.10. The Morgan fingerprint density at radius 1 is 1.75 bits per heavy atom. The predicted molar refractivity (Wildman–Crippen MR) is 46.3 cm³/mol. The molecule has 0 radical (unpaired) electrons. The van der Waals surface area contributed by atoms with E-state index in [0.29, 0.717) is 12.4 Å². The molecule has 0 aliphatic carbocycles. The molecule has 1 aliphatic rings. The summed E-state index contributed by atoms with van der Waals surface area (Å²) in [6.07, 6.45) is 3.84. The summed E-state index contributed by atoms with van der Waals surface area (Å²) in [6.45, 7) is 0.618. The highest BCUT2D eigenvalue weighted by atomic mass is 32.2. The highest BCUT2D eigenvalue weighted by molar-refractivity contribution is 7.90. The van der Waals surface area contributed by atoms with Crippen molar-refractivity contribution in [2.24, 2.45) is 5.73 Å². The molecule has 0 aromatic rings. The first-order valence-electron chi connectivity index (χ1n) is 3.75. The standard InChI is InChI=1S/C7H13NO3S/c1-12(9,10)5-6(8)7-3-2-4-11-7/h3,6H,2,4-5,8H2,1H3. The molecule has 0 saturated heterocycles. The van der Waals surface area contributed by atoms with Gasteiger partial charge in [0.05, 0.1) is 18.4 Å². The van der Waals surface area contributed by atoms with Gasteiger partial charge in [-0.15, -0.1) is 0 Å². The van der Waals surface area contributed by atoms with Gasteiger partial charge in [-0.25, -0.2) is 8.42 Å². The van der Waals surface area contributed by atoms with E-state index in [0.717, 1.165) is 6.42 Å². The van der Waals surface area contributed by atoms with Crippen LogP contribution in [0.5, 0.6) is 0 Å². The minimum atomic E-state index is -3.01. The van der Waals surface area contributed by atoms with Crippen molar-refractivity contribution >= 4 is 9.84 Å². The first-order chi connectivity index (χ1) is 5.49. The Labute approximate surface area is 72.3 Å². The number of hydrogen-bond acceptors (Lipinski definition) is 4. The monoisotopic (exact) mass is 191 g/mol. The first kappa shape index (κ1) is 9.54. The summed E-state index contributed by atoms with van der Waals surface area (Å²) >= 11 is 0. The highest BCUT2D eigenvalue weighted by Crippen LogP contribution is 2.12. The molecule has 0 aromatic heterocycles. The van der Waals surface area contributed by atoms with E-state index in [1.807, 2.05) is 6.08 Å². The lowest BCUT2D eigenvalue weighted by Crippen LogP contribution is -2.31. The molecule has 12 heavy (non-hydrogen) atoms. The van der Waals surface area contributed by atoms with Crippen molar-refractivity contribution in [3.8, 4) is 0 Å². The fraction of sp³-hybridized carbons (Fsp3) is 0.714. The molecule has 1 aliphatic heterocycles. The second kappa shape index (κ2) is 3.45. The Hall–Kier alpha value is -0.550. The van der Waals surface area contributed by atoms with Gasteiger partial charge in [0.1, 0.15) is 15.6 Å². The largest absolute Gasteiger partial charge is 0.496 e. The molecule has 0 aromatic carbocycles. The van der Waals surface area contributed by atoms with Crippen molar-refractivity contribution in [3.63, 3.8) is 0 Å². The van der Waals surface area contributed by atoms with Gasteiger partial charge < -0.3 is 10.5 Å². The highest BCUT2D eigenvalue weighted by Gasteiger charge is 2.18. The molecule has 1 heterocycles. The van der Waals surface area contributed by atoms with Crippen LogP contribution in [-0.4, -0.2) is 33.1 Å². The van der Waals surface area contributed by atoms with Gasteiger partial charge in [0, 0.05) is 12.7 Å². The maximum Gasteiger partial charge on any atom is 0.149 e. The van der Waals surface area contributed by atoms with Crippen LogP contribution in [0.25, 0.3) is 0 Å². The molecule has 5 heteroatoms. The first-order valence-corrected chi connectivity index (χ1v) is 5.81. The third-order valence-corrected chi connectivity index (χ3v) is 2.54. The van der Waals surface area contributed by atoms with Crippen LogP contribution in [0.4, 0.5) is 0 Å². The average Bonchev–Trinajstić information content (AvgIpc) is 2.32. The van der Waals surface area contributed by atoms with Crippen molar-refractivity contribution in [1.82, 2.24) is 0 Å². The molecule has 4 nitrogen and oxygen atoms in total. The Kier molecular flexibility index (Phi) is 2.74. The van der Waals surface area contributed by atoms with E-state index in [1.54, 1.807) is 0 Å². The summed E-state index contributed by atoms with van der Waals surface area (Å²) in [7, 11) is -3.01. The summed E-state index contributed by atoms with van der Waals surface area (Å²) in [5.41, 5.74) is 5.59. The molecule has 0 amide bonds. The second-order valence-corrected chi connectivity index (χ2v) is 5.13. The van der Waals surface area contributed by atoms with Gasteiger partial charge in [-0.3, -0.25) is 0 Å². The summed E-state index contributed by atoms with van der Waals surface area (Å²) in [4.78, 5) is 0. The quantitative estimate of drug-likeness (QED) is 0.662. The van der Waals surface area contributed by atoms with E-state index in [-0.39, 0.29) is 5.75 Å². The zero-order valence-corrected chi connectivity index (χ0v) is 7.80. The van der Waals surface area contributed by atoms with Gasteiger partial charge in [0.25, 0.3) is 0 Å². The second-order valence-electron chi connectivity index (χ2n) is 2.94. The molecule has 0 spiro atoms. The van der Waals surface area contributed by atoms with Crippen LogP contribution in [-0.2, 0) is 14.6 Å². The van der Waals surface area contributed by atoms with Gasteiger partial charge in [0.2, 0.25) is 0 Å². The predicted octanol–water partition coefficient (Wildman–Crippen LogP) is -0.338. The summed E-state index contributed by atoms with van der Waals surface area (Å²) in [5.74, 6) is 0.569. The number of hydrogen-bond donors (Lipinski definition) is 1. The van der Waals surface area contributed by atoms with Crippen molar-refractivity contribution in [3.05, 3.63) is 11.8 Å². The minimum Gasteiger partial charge on any atom is -0.496 e. The van der Waals surface area contributed by atoms with Gasteiger partial charge in [-0.05, 0) is 6.08 Å². The zero-order chi connectivity index (χ0) is 9.19. The maximum atomic E-state index is 10.8. The van der Waals surface area contributed by atoms with E-state index in [9.17, 15) is 8.42 Å². The van der Waals surface area contributed by atoms with Crippen LogP contribution >= 0.6 is 0 Å². The van der Waals surface area contributed by atoms with E-state index in [1.165, 1.54) is 6.26 Å². The van der Waals surface area contributed by atoms with E-state index < -0.39 is 15.9 Å². The van der Waals surface area contributed by atoms with Crippen molar-refractivity contribution in [2.75, 3.05) is 18.6 Å². The lowest BCUT2D eigenvalue weighted by molar-refractivity contribution is 0.228. The Balaban J connectivity index is 2.54. The maximum absolute atomic E-state index is 10.8. The molecule has 1 atom stereocenters.